The minimum Gasteiger partial charge on any atom is -0.463 e. The maximum absolute atomic E-state index is 11.3. The Hall–Kier alpha value is -1.61. The van der Waals surface area contributed by atoms with Crippen molar-refractivity contribution < 1.29 is 9.53 Å². The highest BCUT2D eigenvalue weighted by atomic mass is 32.1. The highest BCUT2D eigenvalue weighted by Gasteiger charge is 2.02. The van der Waals surface area contributed by atoms with Gasteiger partial charge in [0.25, 0.3) is 0 Å². The van der Waals surface area contributed by atoms with Gasteiger partial charge in [0.05, 0.1) is 6.61 Å². The Morgan fingerprint density at radius 3 is 3.00 bits per heavy atom. The van der Waals surface area contributed by atoms with Crippen LogP contribution in [-0.4, -0.2) is 12.6 Å². The number of fused-ring (bicyclic) bond motifs is 1. The molecule has 0 fully saturated rings. The van der Waals surface area contributed by atoms with E-state index in [1.807, 2.05) is 13.0 Å². The summed E-state index contributed by atoms with van der Waals surface area (Å²) in [4.78, 5) is 11.3. The van der Waals surface area contributed by atoms with Crippen LogP contribution >= 0.6 is 11.3 Å². The fourth-order valence-electron chi connectivity index (χ4n) is 1.66. The maximum atomic E-state index is 11.3. The Labute approximate surface area is 105 Å². The molecule has 2 rings (SSSR count). The first kappa shape index (κ1) is 11.9. The number of esters is 1. The van der Waals surface area contributed by atoms with Crippen LogP contribution < -0.4 is 0 Å². The van der Waals surface area contributed by atoms with Crippen molar-refractivity contribution in [2.45, 2.75) is 13.8 Å². The molecule has 17 heavy (non-hydrogen) atoms. The first-order valence-electron chi connectivity index (χ1n) is 5.53. The summed E-state index contributed by atoms with van der Waals surface area (Å²) >= 11 is 1.72. The van der Waals surface area contributed by atoms with Crippen molar-refractivity contribution in [3.05, 3.63) is 41.3 Å². The lowest BCUT2D eigenvalue weighted by atomic mass is 10.1. The largest absolute Gasteiger partial charge is 0.463 e. The zero-order chi connectivity index (χ0) is 12.3. The van der Waals surface area contributed by atoms with Gasteiger partial charge in [-0.3, -0.25) is 0 Å². The van der Waals surface area contributed by atoms with Crippen molar-refractivity contribution in [1.82, 2.24) is 0 Å². The number of rotatable bonds is 3. The van der Waals surface area contributed by atoms with Gasteiger partial charge in [-0.25, -0.2) is 4.79 Å². The van der Waals surface area contributed by atoms with Crippen molar-refractivity contribution in [3.8, 4) is 0 Å². The van der Waals surface area contributed by atoms with Gasteiger partial charge in [0.15, 0.2) is 0 Å². The van der Waals surface area contributed by atoms with Gasteiger partial charge in [0.1, 0.15) is 0 Å². The van der Waals surface area contributed by atoms with Gasteiger partial charge in [-0.15, -0.1) is 11.3 Å². The monoisotopic (exact) mass is 246 g/mol. The number of allylic oxidation sites excluding steroid dienone is 1. The van der Waals surface area contributed by atoms with Gasteiger partial charge in [-0.05, 0) is 53.9 Å². The lowest BCUT2D eigenvalue weighted by molar-refractivity contribution is -0.137. The zero-order valence-corrected chi connectivity index (χ0v) is 10.7. The van der Waals surface area contributed by atoms with E-state index in [4.69, 9.17) is 4.74 Å². The van der Waals surface area contributed by atoms with E-state index in [0.717, 1.165) is 11.1 Å². The summed E-state index contributed by atoms with van der Waals surface area (Å²) in [7, 11) is 0. The fourth-order valence-corrected chi connectivity index (χ4v) is 2.43. The Morgan fingerprint density at radius 2 is 2.24 bits per heavy atom. The molecule has 2 aromatic rings. The van der Waals surface area contributed by atoms with Gasteiger partial charge >= 0.3 is 5.97 Å². The SMILES string of the molecule is CCOC(=O)C=C(C)c1ccc2sccc2c1. The molecule has 0 saturated carbocycles. The van der Waals surface area contributed by atoms with Crippen LogP contribution in [0.1, 0.15) is 19.4 Å². The lowest BCUT2D eigenvalue weighted by Gasteiger charge is -2.02. The van der Waals surface area contributed by atoms with Crippen LogP contribution in [0.25, 0.3) is 15.7 Å². The first-order valence-corrected chi connectivity index (χ1v) is 6.41. The second-order valence-electron chi connectivity index (χ2n) is 3.75. The highest BCUT2D eigenvalue weighted by molar-refractivity contribution is 7.17. The summed E-state index contributed by atoms with van der Waals surface area (Å²) in [6.07, 6.45) is 1.54. The van der Waals surface area contributed by atoms with Crippen LogP contribution in [0.15, 0.2) is 35.7 Å². The van der Waals surface area contributed by atoms with Gasteiger partial charge in [0.2, 0.25) is 0 Å². The molecule has 0 aliphatic heterocycles. The Morgan fingerprint density at radius 1 is 1.41 bits per heavy atom. The van der Waals surface area contributed by atoms with Gasteiger partial charge in [0, 0.05) is 10.8 Å². The molecule has 88 valence electrons. The molecule has 0 saturated heterocycles. The molecular formula is C14H14O2S. The lowest BCUT2D eigenvalue weighted by Crippen LogP contribution is -2.00. The van der Waals surface area contributed by atoms with Crippen molar-refractivity contribution in [3.63, 3.8) is 0 Å². The molecular weight excluding hydrogens is 232 g/mol. The molecule has 0 N–H and O–H groups in total. The Balaban J connectivity index is 2.29. The normalized spacial score (nSPS) is 11.8. The van der Waals surface area contributed by atoms with Crippen LogP contribution in [0, 0.1) is 0 Å². The topological polar surface area (TPSA) is 26.3 Å². The van der Waals surface area contributed by atoms with Crippen LogP contribution in [0.3, 0.4) is 0 Å². The fraction of sp³-hybridized carbons (Fsp3) is 0.214. The zero-order valence-electron chi connectivity index (χ0n) is 9.90. The highest BCUT2D eigenvalue weighted by Crippen LogP contribution is 2.24. The number of hydrogen-bond acceptors (Lipinski definition) is 3. The maximum Gasteiger partial charge on any atom is 0.331 e. The third-order valence-electron chi connectivity index (χ3n) is 2.53. The van der Waals surface area contributed by atoms with Crippen molar-refractivity contribution in [1.29, 1.82) is 0 Å². The molecule has 0 amide bonds. The average Bonchev–Trinajstić information content (AvgIpc) is 2.75. The summed E-state index contributed by atoms with van der Waals surface area (Å²) < 4.78 is 6.15. The third-order valence-corrected chi connectivity index (χ3v) is 3.43. The van der Waals surface area contributed by atoms with Crippen LogP contribution in [0.5, 0.6) is 0 Å². The summed E-state index contributed by atoms with van der Waals surface area (Å²) in [6.45, 7) is 4.13. The molecule has 2 nitrogen and oxygen atoms in total. The van der Waals surface area contributed by atoms with Gasteiger partial charge in [-0.1, -0.05) is 6.07 Å². The van der Waals surface area contributed by atoms with E-state index in [0.29, 0.717) is 6.61 Å². The number of thiophene rings is 1. The summed E-state index contributed by atoms with van der Waals surface area (Å²) in [5.74, 6) is -0.282. The van der Waals surface area contributed by atoms with E-state index >= 15 is 0 Å². The summed E-state index contributed by atoms with van der Waals surface area (Å²) in [6, 6.07) is 8.29. The van der Waals surface area contributed by atoms with Crippen molar-refractivity contribution >= 4 is 33.0 Å². The first-order chi connectivity index (χ1) is 8.20. The van der Waals surface area contributed by atoms with Crippen LogP contribution in [0.2, 0.25) is 0 Å². The molecule has 3 heteroatoms. The third kappa shape index (κ3) is 2.74. The summed E-state index contributed by atoms with van der Waals surface area (Å²) in [5, 5.41) is 3.28. The predicted octanol–water partition coefficient (Wildman–Crippen LogP) is 3.87. The molecule has 0 aliphatic carbocycles. The molecule has 1 aromatic heterocycles. The predicted molar refractivity (Wildman–Crippen MR) is 72.1 cm³/mol. The van der Waals surface area contributed by atoms with E-state index in [2.05, 4.69) is 23.6 Å². The Bertz CT molecular complexity index is 566. The van der Waals surface area contributed by atoms with E-state index in [-0.39, 0.29) is 5.97 Å². The number of hydrogen-bond donors (Lipinski definition) is 0. The molecule has 0 spiro atoms. The van der Waals surface area contributed by atoms with Crippen molar-refractivity contribution in [2.24, 2.45) is 0 Å². The summed E-state index contributed by atoms with van der Waals surface area (Å²) in [5.41, 5.74) is 1.99. The number of carbonyl (C=O) groups is 1. The van der Waals surface area contributed by atoms with E-state index in [1.165, 1.54) is 16.2 Å². The smallest absolute Gasteiger partial charge is 0.331 e. The molecule has 0 bridgehead atoms. The standard InChI is InChI=1S/C14H14O2S/c1-3-16-14(15)8-10(2)11-4-5-13-12(9-11)6-7-17-13/h4-9H,3H2,1-2H3. The second kappa shape index (κ2) is 5.15. The quantitative estimate of drug-likeness (QED) is 0.607. The van der Waals surface area contributed by atoms with E-state index in [1.54, 1.807) is 18.3 Å². The van der Waals surface area contributed by atoms with Gasteiger partial charge < -0.3 is 4.74 Å². The molecule has 0 aliphatic rings. The molecule has 1 heterocycles. The van der Waals surface area contributed by atoms with Crippen LogP contribution in [-0.2, 0) is 9.53 Å². The second-order valence-corrected chi connectivity index (χ2v) is 4.70. The van der Waals surface area contributed by atoms with E-state index < -0.39 is 0 Å². The minimum atomic E-state index is -0.282. The molecule has 1 aromatic carbocycles. The Kier molecular flexibility index (Phi) is 3.59. The number of carbonyl (C=O) groups excluding carboxylic acids is 1. The van der Waals surface area contributed by atoms with Crippen LogP contribution in [0.4, 0.5) is 0 Å². The average molecular weight is 246 g/mol. The van der Waals surface area contributed by atoms with E-state index in [9.17, 15) is 4.79 Å². The van der Waals surface area contributed by atoms with Gasteiger partial charge in [-0.2, -0.15) is 0 Å². The molecule has 0 atom stereocenters. The molecule has 0 radical (unpaired) electrons. The number of benzene rings is 1. The molecule has 0 unspecified atom stereocenters. The number of ether oxygens (including phenoxy) is 1. The minimum absolute atomic E-state index is 0.282. The van der Waals surface area contributed by atoms with Crippen molar-refractivity contribution in [2.75, 3.05) is 6.61 Å².